The number of nitrogens with zero attached hydrogens (tertiary/aromatic N) is 4. The first-order valence-corrected chi connectivity index (χ1v) is 7.32. The van der Waals surface area contributed by atoms with Gasteiger partial charge in [0.15, 0.2) is 0 Å². The van der Waals surface area contributed by atoms with Gasteiger partial charge in [-0.2, -0.15) is 4.98 Å². The van der Waals surface area contributed by atoms with E-state index in [1.807, 2.05) is 43.0 Å². The molecule has 0 spiro atoms. The summed E-state index contributed by atoms with van der Waals surface area (Å²) in [6, 6.07) is 7.75. The fourth-order valence-corrected chi connectivity index (χ4v) is 2.60. The summed E-state index contributed by atoms with van der Waals surface area (Å²) in [6.07, 6.45) is 0. The molecule has 2 aromatic rings. The molecule has 0 aliphatic carbocycles. The molecule has 1 aromatic carbocycles. The molecule has 1 aromatic heterocycles. The number of nitrogens with two attached hydrogens (primary N) is 1. The van der Waals surface area contributed by atoms with Crippen LogP contribution >= 0.6 is 0 Å². The van der Waals surface area contributed by atoms with Gasteiger partial charge >= 0.3 is 6.03 Å². The second-order valence-corrected chi connectivity index (χ2v) is 5.45. The van der Waals surface area contributed by atoms with Crippen molar-refractivity contribution in [3.8, 4) is 11.4 Å². The maximum atomic E-state index is 12.6. The molecule has 22 heavy (non-hydrogen) atoms. The van der Waals surface area contributed by atoms with Crippen molar-refractivity contribution in [2.24, 2.45) is 5.73 Å². The van der Waals surface area contributed by atoms with E-state index in [-0.39, 0.29) is 18.6 Å². The first kappa shape index (κ1) is 14.5. The summed E-state index contributed by atoms with van der Waals surface area (Å²) in [6.45, 7) is 5.58. The summed E-state index contributed by atoms with van der Waals surface area (Å²) >= 11 is 0. The van der Waals surface area contributed by atoms with E-state index in [1.165, 1.54) is 0 Å². The zero-order valence-corrected chi connectivity index (χ0v) is 12.7. The molecule has 1 aliphatic heterocycles. The SMILES string of the molecule is CC(C)N1CCN(c2ccccc2-c2noc(CN)n2)C1=O. The Labute approximate surface area is 128 Å². The fraction of sp³-hybridized carbons (Fsp3) is 0.400. The highest BCUT2D eigenvalue weighted by Gasteiger charge is 2.32. The number of urea groups is 1. The summed E-state index contributed by atoms with van der Waals surface area (Å²) in [5.74, 6) is 0.827. The van der Waals surface area contributed by atoms with Gasteiger partial charge in [0.05, 0.1) is 12.2 Å². The molecule has 0 bridgehead atoms. The van der Waals surface area contributed by atoms with Gasteiger partial charge < -0.3 is 15.2 Å². The Morgan fingerprint density at radius 1 is 1.32 bits per heavy atom. The normalized spacial score (nSPS) is 15.2. The number of carbonyl (C=O) groups excluding carboxylic acids is 1. The fourth-order valence-electron chi connectivity index (χ4n) is 2.60. The van der Waals surface area contributed by atoms with Crippen LogP contribution < -0.4 is 10.6 Å². The van der Waals surface area contributed by atoms with Crippen molar-refractivity contribution in [3.05, 3.63) is 30.2 Å². The van der Waals surface area contributed by atoms with E-state index in [1.54, 1.807) is 4.90 Å². The first-order valence-electron chi connectivity index (χ1n) is 7.32. The monoisotopic (exact) mass is 301 g/mol. The van der Waals surface area contributed by atoms with E-state index in [2.05, 4.69) is 10.1 Å². The van der Waals surface area contributed by atoms with Crippen molar-refractivity contribution < 1.29 is 9.32 Å². The van der Waals surface area contributed by atoms with Gasteiger partial charge in [-0.3, -0.25) is 4.90 Å². The predicted molar refractivity (Wildman–Crippen MR) is 82.2 cm³/mol. The number of rotatable bonds is 4. The van der Waals surface area contributed by atoms with Crippen LogP contribution in [0.4, 0.5) is 10.5 Å². The average Bonchev–Trinajstić information content (AvgIpc) is 3.13. The molecule has 1 aliphatic rings. The number of hydrogen-bond acceptors (Lipinski definition) is 5. The van der Waals surface area contributed by atoms with Crippen LogP contribution in [-0.4, -0.2) is 40.2 Å². The van der Waals surface area contributed by atoms with Crippen molar-refractivity contribution in [1.82, 2.24) is 15.0 Å². The molecule has 2 heterocycles. The van der Waals surface area contributed by atoms with E-state index >= 15 is 0 Å². The number of benzene rings is 1. The highest BCUT2D eigenvalue weighted by atomic mass is 16.5. The Balaban J connectivity index is 1.97. The van der Waals surface area contributed by atoms with Crippen LogP contribution in [-0.2, 0) is 6.54 Å². The summed E-state index contributed by atoms with van der Waals surface area (Å²) in [7, 11) is 0. The molecule has 3 rings (SSSR count). The number of amides is 2. The molecule has 7 nitrogen and oxygen atoms in total. The lowest BCUT2D eigenvalue weighted by atomic mass is 10.1. The molecule has 116 valence electrons. The van der Waals surface area contributed by atoms with Gasteiger partial charge in [-0.15, -0.1) is 0 Å². The Hall–Kier alpha value is -2.41. The molecule has 0 unspecified atom stereocenters. The van der Waals surface area contributed by atoms with Gasteiger partial charge in [0.25, 0.3) is 0 Å². The van der Waals surface area contributed by atoms with Gasteiger partial charge in [0.1, 0.15) is 0 Å². The number of carbonyl (C=O) groups is 1. The van der Waals surface area contributed by atoms with E-state index in [0.29, 0.717) is 24.8 Å². The van der Waals surface area contributed by atoms with E-state index in [4.69, 9.17) is 10.3 Å². The Morgan fingerprint density at radius 3 is 2.73 bits per heavy atom. The number of para-hydroxylation sites is 1. The average molecular weight is 301 g/mol. The third-order valence-electron chi connectivity index (χ3n) is 3.74. The van der Waals surface area contributed by atoms with Crippen molar-refractivity contribution in [2.75, 3.05) is 18.0 Å². The van der Waals surface area contributed by atoms with Crippen LogP contribution in [0.15, 0.2) is 28.8 Å². The van der Waals surface area contributed by atoms with Gasteiger partial charge in [0, 0.05) is 24.7 Å². The van der Waals surface area contributed by atoms with E-state index in [0.717, 1.165) is 11.3 Å². The maximum Gasteiger partial charge on any atom is 0.324 e. The Morgan fingerprint density at radius 2 is 2.09 bits per heavy atom. The molecular formula is C15H19N5O2. The van der Waals surface area contributed by atoms with Gasteiger partial charge in [-0.05, 0) is 26.0 Å². The maximum absolute atomic E-state index is 12.6. The molecule has 0 atom stereocenters. The minimum absolute atomic E-state index is 0.00462. The van der Waals surface area contributed by atoms with Crippen LogP contribution in [0.25, 0.3) is 11.4 Å². The summed E-state index contributed by atoms with van der Waals surface area (Å²) in [5, 5.41) is 3.95. The Bertz CT molecular complexity index is 682. The van der Waals surface area contributed by atoms with Crippen molar-refractivity contribution in [3.63, 3.8) is 0 Å². The predicted octanol–water partition coefficient (Wildman–Crippen LogP) is 1.85. The smallest absolute Gasteiger partial charge is 0.324 e. The van der Waals surface area contributed by atoms with Crippen LogP contribution in [0, 0.1) is 0 Å². The van der Waals surface area contributed by atoms with Crippen LogP contribution in [0.3, 0.4) is 0 Å². The number of anilines is 1. The highest BCUT2D eigenvalue weighted by Crippen LogP contribution is 2.31. The summed E-state index contributed by atoms with van der Waals surface area (Å²) in [5.41, 5.74) is 7.07. The second-order valence-electron chi connectivity index (χ2n) is 5.45. The molecule has 1 saturated heterocycles. The first-order chi connectivity index (χ1) is 10.6. The zero-order chi connectivity index (χ0) is 15.7. The number of aromatic nitrogens is 2. The van der Waals surface area contributed by atoms with Gasteiger partial charge in [-0.25, -0.2) is 4.79 Å². The molecular weight excluding hydrogens is 282 g/mol. The summed E-state index contributed by atoms with van der Waals surface area (Å²) < 4.78 is 5.07. The lowest BCUT2D eigenvalue weighted by molar-refractivity contribution is 0.209. The second kappa shape index (κ2) is 5.76. The molecule has 1 fully saturated rings. The summed E-state index contributed by atoms with van der Waals surface area (Å²) in [4.78, 5) is 20.4. The van der Waals surface area contributed by atoms with Crippen LogP contribution in [0.2, 0.25) is 0 Å². The van der Waals surface area contributed by atoms with Crippen molar-refractivity contribution in [2.45, 2.75) is 26.4 Å². The van der Waals surface area contributed by atoms with Crippen molar-refractivity contribution in [1.29, 1.82) is 0 Å². The quantitative estimate of drug-likeness (QED) is 0.931. The molecule has 2 N–H and O–H groups in total. The highest BCUT2D eigenvalue weighted by molar-refractivity contribution is 5.97. The third kappa shape index (κ3) is 2.43. The molecule has 7 heteroatoms. The number of hydrogen-bond donors (Lipinski definition) is 1. The van der Waals surface area contributed by atoms with Crippen LogP contribution in [0.1, 0.15) is 19.7 Å². The molecule has 2 amide bonds. The lowest BCUT2D eigenvalue weighted by Crippen LogP contribution is -2.36. The van der Waals surface area contributed by atoms with E-state index < -0.39 is 0 Å². The van der Waals surface area contributed by atoms with Gasteiger partial charge in [0.2, 0.25) is 11.7 Å². The minimum Gasteiger partial charge on any atom is -0.338 e. The standard InChI is InChI=1S/C15H19N5O2/c1-10(2)19-7-8-20(15(19)21)12-6-4-3-5-11(12)14-17-13(9-16)22-18-14/h3-6,10H,7-9,16H2,1-2H3. The molecule has 0 saturated carbocycles. The Kier molecular flexibility index (Phi) is 3.81. The van der Waals surface area contributed by atoms with Crippen LogP contribution in [0.5, 0.6) is 0 Å². The lowest BCUT2D eigenvalue weighted by Gasteiger charge is -2.22. The zero-order valence-electron chi connectivity index (χ0n) is 12.7. The van der Waals surface area contributed by atoms with Crippen molar-refractivity contribution >= 4 is 11.7 Å². The minimum atomic E-state index is 0.00462. The topological polar surface area (TPSA) is 88.5 Å². The third-order valence-corrected chi connectivity index (χ3v) is 3.74. The molecule has 0 radical (unpaired) electrons. The van der Waals surface area contributed by atoms with Gasteiger partial charge in [-0.1, -0.05) is 17.3 Å². The van der Waals surface area contributed by atoms with E-state index in [9.17, 15) is 4.79 Å². The largest absolute Gasteiger partial charge is 0.338 e.